The normalized spacial score (nSPS) is 13.2. The van der Waals surface area contributed by atoms with Gasteiger partial charge in [-0.25, -0.2) is 0 Å². The maximum absolute atomic E-state index is 10.00. The van der Waals surface area contributed by atoms with Crippen molar-refractivity contribution in [1.29, 1.82) is 0 Å². The van der Waals surface area contributed by atoms with Crippen LogP contribution in [0.3, 0.4) is 0 Å². The number of carboxylic acids is 1. The smallest absolute Gasteiger partial charge is 0.320 e. The molecule has 0 aromatic heterocycles. The summed E-state index contributed by atoms with van der Waals surface area (Å²) >= 11 is 0. The lowest BCUT2D eigenvalue weighted by Crippen LogP contribution is -2.33. The highest BCUT2D eigenvalue weighted by Gasteiger charge is 2.06. The molecule has 0 aliphatic heterocycles. The Bertz CT molecular complexity index is 82.5. The standard InChI is InChI=1S/C5H10NO2/c1-3-6-4(2)5(7)8/h4,6H,1,3H2,2H3,(H,7,8). The van der Waals surface area contributed by atoms with Crippen LogP contribution in [0, 0.1) is 6.92 Å². The average Bonchev–Trinajstić information content (AvgIpc) is 1.67. The van der Waals surface area contributed by atoms with Crippen LogP contribution in [-0.4, -0.2) is 23.7 Å². The molecule has 0 saturated heterocycles. The summed E-state index contributed by atoms with van der Waals surface area (Å²) in [6.45, 7) is 5.46. The molecule has 0 rings (SSSR count). The van der Waals surface area contributed by atoms with Crippen LogP contribution in [0.5, 0.6) is 0 Å². The summed E-state index contributed by atoms with van der Waals surface area (Å²) in [5, 5.41) is 10.9. The van der Waals surface area contributed by atoms with Crippen LogP contribution >= 0.6 is 0 Å². The molecule has 0 bridgehead atoms. The number of aliphatic carboxylic acids is 1. The predicted molar refractivity (Wildman–Crippen MR) is 30.5 cm³/mol. The van der Waals surface area contributed by atoms with Gasteiger partial charge >= 0.3 is 5.97 Å². The Kier molecular flexibility index (Phi) is 3.19. The Morgan fingerprint density at radius 3 is 2.62 bits per heavy atom. The molecule has 0 amide bonds. The van der Waals surface area contributed by atoms with Crippen LogP contribution in [-0.2, 0) is 4.79 Å². The highest BCUT2D eigenvalue weighted by molar-refractivity contribution is 5.72. The van der Waals surface area contributed by atoms with E-state index in [1.54, 1.807) is 6.92 Å². The lowest BCUT2D eigenvalue weighted by molar-refractivity contribution is -0.138. The highest BCUT2D eigenvalue weighted by atomic mass is 16.4. The number of carbonyl (C=O) groups is 1. The van der Waals surface area contributed by atoms with E-state index in [1.165, 1.54) is 0 Å². The molecule has 0 saturated carbocycles. The molecule has 1 radical (unpaired) electrons. The number of hydrogen-bond donors (Lipinski definition) is 2. The Balaban J connectivity index is 3.32. The first-order valence-corrected chi connectivity index (χ1v) is 2.44. The van der Waals surface area contributed by atoms with Crippen molar-refractivity contribution in [2.75, 3.05) is 6.54 Å². The fourth-order valence-electron chi connectivity index (χ4n) is 0.304. The first-order chi connectivity index (χ1) is 3.68. The summed E-state index contributed by atoms with van der Waals surface area (Å²) < 4.78 is 0. The van der Waals surface area contributed by atoms with Crippen molar-refractivity contribution >= 4 is 5.97 Å². The largest absolute Gasteiger partial charge is 0.480 e. The van der Waals surface area contributed by atoms with E-state index in [9.17, 15) is 4.79 Å². The van der Waals surface area contributed by atoms with Gasteiger partial charge in [-0.1, -0.05) is 0 Å². The van der Waals surface area contributed by atoms with Crippen molar-refractivity contribution in [3.05, 3.63) is 6.92 Å². The van der Waals surface area contributed by atoms with Crippen molar-refractivity contribution in [3.63, 3.8) is 0 Å². The highest BCUT2D eigenvalue weighted by Crippen LogP contribution is 1.77. The zero-order chi connectivity index (χ0) is 6.57. The van der Waals surface area contributed by atoms with Crippen LogP contribution in [0.15, 0.2) is 0 Å². The summed E-state index contributed by atoms with van der Waals surface area (Å²) in [6, 6.07) is -0.479. The molecule has 0 aromatic rings. The molecule has 0 aliphatic rings. The Labute approximate surface area is 48.7 Å². The molecule has 0 aliphatic carbocycles. The van der Waals surface area contributed by atoms with Gasteiger partial charge in [0, 0.05) is 0 Å². The SMILES string of the molecule is [CH2]CNC(C)C(=O)O. The molecule has 0 heterocycles. The fourth-order valence-corrected chi connectivity index (χ4v) is 0.304. The third kappa shape index (κ3) is 2.58. The molecule has 2 N–H and O–H groups in total. The maximum Gasteiger partial charge on any atom is 0.320 e. The second-order valence-electron chi connectivity index (χ2n) is 1.51. The quantitative estimate of drug-likeness (QED) is 0.540. The molecular formula is C5H10NO2. The van der Waals surface area contributed by atoms with Gasteiger partial charge in [0.25, 0.3) is 0 Å². The Hall–Kier alpha value is -0.570. The van der Waals surface area contributed by atoms with Crippen molar-refractivity contribution in [1.82, 2.24) is 5.32 Å². The van der Waals surface area contributed by atoms with E-state index >= 15 is 0 Å². The third-order valence-corrected chi connectivity index (χ3v) is 0.821. The molecule has 0 fully saturated rings. The van der Waals surface area contributed by atoms with E-state index in [4.69, 9.17) is 5.11 Å². The van der Waals surface area contributed by atoms with Crippen LogP contribution in [0.1, 0.15) is 6.92 Å². The average molecular weight is 116 g/mol. The second kappa shape index (κ2) is 3.43. The Morgan fingerprint density at radius 2 is 2.50 bits per heavy atom. The van der Waals surface area contributed by atoms with Gasteiger partial charge in [-0.15, -0.1) is 0 Å². The van der Waals surface area contributed by atoms with E-state index in [0.717, 1.165) is 0 Å². The van der Waals surface area contributed by atoms with E-state index < -0.39 is 12.0 Å². The second-order valence-corrected chi connectivity index (χ2v) is 1.51. The van der Waals surface area contributed by atoms with Gasteiger partial charge in [-0.05, 0) is 20.4 Å². The topological polar surface area (TPSA) is 49.3 Å². The molecule has 0 spiro atoms. The minimum absolute atomic E-state index is 0.452. The summed E-state index contributed by atoms with van der Waals surface area (Å²) in [5.74, 6) is -0.839. The summed E-state index contributed by atoms with van der Waals surface area (Å²) in [4.78, 5) is 10.00. The van der Waals surface area contributed by atoms with Gasteiger partial charge in [-0.3, -0.25) is 4.79 Å². The summed E-state index contributed by atoms with van der Waals surface area (Å²) in [5.41, 5.74) is 0. The first kappa shape index (κ1) is 7.43. The van der Waals surface area contributed by atoms with Crippen LogP contribution < -0.4 is 5.32 Å². The van der Waals surface area contributed by atoms with Crippen molar-refractivity contribution in [3.8, 4) is 0 Å². The lowest BCUT2D eigenvalue weighted by atomic mass is 10.3. The lowest BCUT2D eigenvalue weighted by Gasteiger charge is -2.03. The zero-order valence-corrected chi connectivity index (χ0v) is 4.85. The van der Waals surface area contributed by atoms with Gasteiger partial charge in [-0.2, -0.15) is 0 Å². The first-order valence-electron chi connectivity index (χ1n) is 2.44. The number of hydrogen-bond acceptors (Lipinski definition) is 2. The number of nitrogens with one attached hydrogen (secondary N) is 1. The minimum Gasteiger partial charge on any atom is -0.480 e. The molecule has 1 atom stereocenters. The number of rotatable bonds is 3. The summed E-state index contributed by atoms with van der Waals surface area (Å²) in [6.07, 6.45) is 0. The van der Waals surface area contributed by atoms with Crippen molar-refractivity contribution < 1.29 is 9.90 Å². The summed E-state index contributed by atoms with van der Waals surface area (Å²) in [7, 11) is 0. The van der Waals surface area contributed by atoms with Gasteiger partial charge in [0.05, 0.1) is 0 Å². The monoisotopic (exact) mass is 116 g/mol. The molecule has 3 heteroatoms. The molecule has 0 aromatic carbocycles. The predicted octanol–water partition coefficient (Wildman–Crippen LogP) is -0.117. The van der Waals surface area contributed by atoms with Crippen LogP contribution in [0.25, 0.3) is 0 Å². The molecule has 47 valence electrons. The number of carboxylic acid groups (broad SMARTS) is 1. The fraction of sp³-hybridized carbons (Fsp3) is 0.600. The van der Waals surface area contributed by atoms with Crippen LogP contribution in [0.2, 0.25) is 0 Å². The van der Waals surface area contributed by atoms with E-state index in [0.29, 0.717) is 6.54 Å². The van der Waals surface area contributed by atoms with Gasteiger partial charge < -0.3 is 10.4 Å². The zero-order valence-electron chi connectivity index (χ0n) is 4.85. The van der Waals surface area contributed by atoms with Crippen molar-refractivity contribution in [2.24, 2.45) is 0 Å². The van der Waals surface area contributed by atoms with Crippen molar-refractivity contribution in [2.45, 2.75) is 13.0 Å². The van der Waals surface area contributed by atoms with Gasteiger partial charge in [0.2, 0.25) is 0 Å². The maximum atomic E-state index is 10.00. The van der Waals surface area contributed by atoms with Gasteiger partial charge in [0.1, 0.15) is 6.04 Å². The molecule has 3 nitrogen and oxygen atoms in total. The van der Waals surface area contributed by atoms with E-state index in [1.807, 2.05) is 0 Å². The Morgan fingerprint density at radius 1 is 2.00 bits per heavy atom. The van der Waals surface area contributed by atoms with E-state index in [-0.39, 0.29) is 0 Å². The van der Waals surface area contributed by atoms with E-state index in [2.05, 4.69) is 12.2 Å². The third-order valence-electron chi connectivity index (χ3n) is 0.821. The van der Waals surface area contributed by atoms with Crippen LogP contribution in [0.4, 0.5) is 0 Å². The molecule has 1 unspecified atom stereocenters. The van der Waals surface area contributed by atoms with Gasteiger partial charge in [0.15, 0.2) is 0 Å². The minimum atomic E-state index is -0.839. The molecular weight excluding hydrogens is 106 g/mol. The molecule has 8 heavy (non-hydrogen) atoms.